The van der Waals surface area contributed by atoms with E-state index in [0.29, 0.717) is 51.3 Å². The van der Waals surface area contributed by atoms with E-state index in [1.54, 1.807) is 36.8 Å². The van der Waals surface area contributed by atoms with E-state index < -0.39 is 5.82 Å². The van der Waals surface area contributed by atoms with Crippen LogP contribution >= 0.6 is 0 Å². The number of rotatable bonds is 7. The average molecular weight is 536 g/mol. The third-order valence-electron chi connectivity index (χ3n) is 7.75. The first-order valence-electron chi connectivity index (χ1n) is 13.6. The summed E-state index contributed by atoms with van der Waals surface area (Å²) in [7, 11) is 0. The van der Waals surface area contributed by atoms with Gasteiger partial charge >= 0.3 is 0 Å². The maximum atomic E-state index is 16.1. The molecule has 0 aliphatic heterocycles. The van der Waals surface area contributed by atoms with Gasteiger partial charge in [0, 0.05) is 35.6 Å². The predicted octanol–water partition coefficient (Wildman–Crippen LogP) is 6.79. The van der Waals surface area contributed by atoms with Gasteiger partial charge in [-0.25, -0.2) is 13.8 Å². The molecule has 3 N–H and O–H groups in total. The topological polar surface area (TPSA) is 95.2 Å². The molecule has 4 heterocycles. The maximum Gasteiger partial charge on any atom is 0.161 e. The number of nitrogens with zero attached hydrogens (tertiary/aromatic N) is 4. The van der Waals surface area contributed by atoms with Gasteiger partial charge in [-0.05, 0) is 49.1 Å². The standard InChI is InChI=1S/C31H27F2N7/c32-23-10-4-3-8-21(23)22-9-5-11-24-29(22)38-31(37-24)30-26-25(39-40-30)17-36-28(27(26)33)20-12-19(15-35-16-20)14-34-13-18-6-1-2-7-18/h3-5,8-12,15-18,34H,1-2,6-7,13-14H2,(H,37,38)(H,39,40). The Labute approximate surface area is 229 Å². The summed E-state index contributed by atoms with van der Waals surface area (Å²) in [5.74, 6) is 0.271. The fraction of sp³-hybridized carbons (Fsp3) is 0.226. The van der Waals surface area contributed by atoms with Gasteiger partial charge in [0.25, 0.3) is 0 Å². The number of pyridine rings is 2. The zero-order valence-corrected chi connectivity index (χ0v) is 21.7. The van der Waals surface area contributed by atoms with E-state index in [0.717, 1.165) is 18.0 Å². The zero-order valence-electron chi connectivity index (χ0n) is 21.7. The van der Waals surface area contributed by atoms with E-state index in [-0.39, 0.29) is 16.9 Å². The van der Waals surface area contributed by atoms with Crippen molar-refractivity contribution in [1.29, 1.82) is 0 Å². The molecule has 0 bridgehead atoms. The van der Waals surface area contributed by atoms with Gasteiger partial charge in [0.15, 0.2) is 11.6 Å². The van der Waals surface area contributed by atoms with Crippen LogP contribution in [0.15, 0.2) is 67.1 Å². The molecule has 0 saturated heterocycles. The molecule has 4 aromatic heterocycles. The number of para-hydroxylation sites is 1. The van der Waals surface area contributed by atoms with Crippen molar-refractivity contribution in [3.63, 3.8) is 0 Å². The fourth-order valence-corrected chi connectivity index (χ4v) is 5.74. The minimum absolute atomic E-state index is 0.198. The van der Waals surface area contributed by atoms with Crippen LogP contribution in [0.5, 0.6) is 0 Å². The molecule has 0 atom stereocenters. The number of benzene rings is 2. The number of imidazole rings is 1. The molecule has 1 saturated carbocycles. The molecule has 0 spiro atoms. The molecular weight excluding hydrogens is 508 g/mol. The van der Waals surface area contributed by atoms with Gasteiger partial charge in [-0.2, -0.15) is 5.10 Å². The van der Waals surface area contributed by atoms with Crippen molar-refractivity contribution in [2.45, 2.75) is 32.2 Å². The molecule has 1 aliphatic carbocycles. The summed E-state index contributed by atoms with van der Waals surface area (Å²) in [6.45, 7) is 1.65. The Morgan fingerprint density at radius 1 is 0.900 bits per heavy atom. The van der Waals surface area contributed by atoms with Crippen molar-refractivity contribution < 1.29 is 8.78 Å². The van der Waals surface area contributed by atoms with Gasteiger partial charge in [-0.15, -0.1) is 0 Å². The SMILES string of the molecule is Fc1ccccc1-c1cccc2[nH]c(-c3n[nH]c4cnc(-c5cncc(CNCC6CCCC6)c5)c(F)c34)nc12. The lowest BCUT2D eigenvalue weighted by Crippen LogP contribution is -2.20. The van der Waals surface area contributed by atoms with Crippen LogP contribution in [0.25, 0.3) is 55.8 Å². The van der Waals surface area contributed by atoms with Crippen LogP contribution in [0.4, 0.5) is 8.78 Å². The first-order valence-corrected chi connectivity index (χ1v) is 13.6. The van der Waals surface area contributed by atoms with Crippen molar-refractivity contribution in [2.75, 3.05) is 6.54 Å². The lowest BCUT2D eigenvalue weighted by Gasteiger charge is -2.11. The quantitative estimate of drug-likeness (QED) is 0.209. The van der Waals surface area contributed by atoms with Crippen molar-refractivity contribution in [2.24, 2.45) is 5.92 Å². The van der Waals surface area contributed by atoms with Crippen LogP contribution in [0.1, 0.15) is 31.2 Å². The molecule has 0 radical (unpaired) electrons. The van der Waals surface area contributed by atoms with Crippen LogP contribution in [0.2, 0.25) is 0 Å². The van der Waals surface area contributed by atoms with E-state index in [2.05, 4.69) is 30.5 Å². The first-order chi connectivity index (χ1) is 19.7. The molecule has 200 valence electrons. The highest BCUT2D eigenvalue weighted by Crippen LogP contribution is 2.35. The monoisotopic (exact) mass is 535 g/mol. The highest BCUT2D eigenvalue weighted by Gasteiger charge is 2.22. The number of hydrogen-bond donors (Lipinski definition) is 3. The molecule has 6 aromatic rings. The van der Waals surface area contributed by atoms with Gasteiger partial charge in [-0.3, -0.25) is 15.1 Å². The van der Waals surface area contributed by atoms with E-state index in [4.69, 9.17) is 4.98 Å². The smallest absolute Gasteiger partial charge is 0.161 e. The summed E-state index contributed by atoms with van der Waals surface area (Å²) < 4.78 is 30.7. The predicted molar refractivity (Wildman–Crippen MR) is 151 cm³/mol. The minimum Gasteiger partial charge on any atom is -0.337 e. The lowest BCUT2D eigenvalue weighted by atomic mass is 10.0. The Morgan fingerprint density at radius 3 is 2.62 bits per heavy atom. The first kappa shape index (κ1) is 24.5. The molecule has 0 unspecified atom stereocenters. The molecule has 40 heavy (non-hydrogen) atoms. The molecule has 2 aromatic carbocycles. The number of fused-ring (bicyclic) bond motifs is 2. The third-order valence-corrected chi connectivity index (χ3v) is 7.75. The summed E-state index contributed by atoms with van der Waals surface area (Å²) in [5.41, 5.74) is 4.91. The Hall–Kier alpha value is -4.50. The van der Waals surface area contributed by atoms with Gasteiger partial charge in [0.1, 0.15) is 17.2 Å². The van der Waals surface area contributed by atoms with E-state index in [9.17, 15) is 4.39 Å². The number of halogens is 2. The van der Waals surface area contributed by atoms with E-state index in [1.165, 1.54) is 31.7 Å². The van der Waals surface area contributed by atoms with Crippen LogP contribution in [0.3, 0.4) is 0 Å². The van der Waals surface area contributed by atoms with Crippen molar-refractivity contribution in [3.05, 3.63) is 84.3 Å². The number of aromatic amines is 2. The van der Waals surface area contributed by atoms with Crippen molar-refractivity contribution in [3.8, 4) is 33.9 Å². The summed E-state index contributed by atoms with van der Waals surface area (Å²) in [6.07, 6.45) is 10.2. The molecule has 7 rings (SSSR count). The van der Waals surface area contributed by atoms with Crippen molar-refractivity contribution >= 4 is 21.9 Å². The number of H-pyrrole nitrogens is 2. The van der Waals surface area contributed by atoms with Crippen LogP contribution in [-0.4, -0.2) is 36.7 Å². The summed E-state index contributed by atoms with van der Waals surface area (Å²) >= 11 is 0. The van der Waals surface area contributed by atoms with Gasteiger partial charge in [0.05, 0.1) is 28.1 Å². The number of nitrogens with one attached hydrogen (secondary N) is 3. The number of hydrogen-bond acceptors (Lipinski definition) is 5. The zero-order chi connectivity index (χ0) is 27.1. The molecule has 0 amide bonds. The highest BCUT2D eigenvalue weighted by atomic mass is 19.1. The lowest BCUT2D eigenvalue weighted by molar-refractivity contribution is 0.489. The maximum absolute atomic E-state index is 16.1. The van der Waals surface area contributed by atoms with Gasteiger partial charge in [-0.1, -0.05) is 43.2 Å². The van der Waals surface area contributed by atoms with Crippen molar-refractivity contribution in [1.82, 2.24) is 35.5 Å². The second kappa shape index (κ2) is 10.2. The molecule has 1 fully saturated rings. The van der Waals surface area contributed by atoms with Gasteiger partial charge < -0.3 is 10.3 Å². The fourth-order valence-electron chi connectivity index (χ4n) is 5.74. The van der Waals surface area contributed by atoms with Crippen LogP contribution in [0, 0.1) is 17.6 Å². The van der Waals surface area contributed by atoms with E-state index >= 15 is 4.39 Å². The van der Waals surface area contributed by atoms with Crippen LogP contribution in [-0.2, 0) is 6.54 Å². The second-order valence-corrected chi connectivity index (χ2v) is 10.4. The third kappa shape index (κ3) is 4.42. The minimum atomic E-state index is -0.506. The molecular formula is C31H27F2N7. The Kier molecular flexibility index (Phi) is 6.28. The Bertz CT molecular complexity index is 1840. The summed E-state index contributed by atoms with van der Waals surface area (Å²) in [5, 5.41) is 11.0. The summed E-state index contributed by atoms with van der Waals surface area (Å²) in [4.78, 5) is 16.7. The Morgan fingerprint density at radius 2 is 1.75 bits per heavy atom. The highest BCUT2D eigenvalue weighted by molar-refractivity contribution is 5.98. The largest absolute Gasteiger partial charge is 0.337 e. The molecule has 7 nitrogen and oxygen atoms in total. The normalized spacial score (nSPS) is 14.1. The van der Waals surface area contributed by atoms with E-state index in [1.807, 2.05) is 24.3 Å². The second-order valence-electron chi connectivity index (χ2n) is 10.4. The van der Waals surface area contributed by atoms with Gasteiger partial charge in [0.2, 0.25) is 0 Å². The average Bonchev–Trinajstić information content (AvgIpc) is 3.73. The number of aromatic nitrogens is 6. The summed E-state index contributed by atoms with van der Waals surface area (Å²) in [6, 6.07) is 14.0. The molecule has 1 aliphatic rings. The van der Waals surface area contributed by atoms with Crippen LogP contribution < -0.4 is 5.32 Å². The Balaban J connectivity index is 1.24. The molecule has 9 heteroatoms.